The number of aryl methyl sites for hydroxylation is 1. The highest BCUT2D eigenvalue weighted by Gasteiger charge is 2.36. The van der Waals surface area contributed by atoms with Crippen molar-refractivity contribution >= 4 is 22.8 Å². The van der Waals surface area contributed by atoms with Crippen molar-refractivity contribution in [3.05, 3.63) is 59.2 Å². The Labute approximate surface area is 201 Å². The first kappa shape index (κ1) is 21.6. The molecule has 1 N–H and O–H groups in total. The third-order valence-electron chi connectivity index (χ3n) is 6.64. The second kappa shape index (κ2) is 8.11. The summed E-state index contributed by atoms with van der Waals surface area (Å²) in [6.07, 6.45) is 5.45. The number of hydrogen-bond donors (Lipinski definition) is 1. The van der Waals surface area contributed by atoms with Gasteiger partial charge in [0.2, 0.25) is 0 Å². The molecule has 0 saturated carbocycles. The second-order valence-electron chi connectivity index (χ2n) is 9.79. The lowest BCUT2D eigenvalue weighted by Gasteiger charge is -2.18. The molecule has 0 radical (unpaired) electrons. The number of fused-ring (bicyclic) bond motifs is 4. The Balaban J connectivity index is 1.33. The van der Waals surface area contributed by atoms with Crippen LogP contribution in [0.3, 0.4) is 0 Å². The van der Waals surface area contributed by atoms with E-state index in [4.69, 9.17) is 9.72 Å². The number of imidazole rings is 1. The van der Waals surface area contributed by atoms with Crippen molar-refractivity contribution in [1.82, 2.24) is 24.5 Å². The fourth-order valence-electron chi connectivity index (χ4n) is 4.81. The van der Waals surface area contributed by atoms with Gasteiger partial charge in [-0.1, -0.05) is 18.2 Å². The lowest BCUT2D eigenvalue weighted by atomic mass is 9.89. The number of benzene rings is 1. The van der Waals surface area contributed by atoms with Crippen LogP contribution in [0.2, 0.25) is 0 Å². The number of nitrogens with one attached hydrogen (secondary N) is 1. The number of aromatic nitrogens is 5. The summed E-state index contributed by atoms with van der Waals surface area (Å²) < 4.78 is 21.7. The molecule has 0 spiro atoms. The van der Waals surface area contributed by atoms with Crippen LogP contribution in [0.25, 0.3) is 22.6 Å². The van der Waals surface area contributed by atoms with E-state index in [-0.39, 0.29) is 5.54 Å². The lowest BCUT2D eigenvalue weighted by molar-refractivity contribution is -0.118. The summed E-state index contributed by atoms with van der Waals surface area (Å²) in [4.78, 5) is 29.8. The summed E-state index contributed by atoms with van der Waals surface area (Å²) in [6.45, 7) is 5.25. The van der Waals surface area contributed by atoms with Gasteiger partial charge in [-0.2, -0.15) is 4.98 Å². The summed E-state index contributed by atoms with van der Waals surface area (Å²) in [5.41, 5.74) is 5.02. The number of carbonyl (C=O) groups excluding carboxylic acids is 1. The molecule has 3 aromatic heterocycles. The van der Waals surface area contributed by atoms with Crippen molar-refractivity contribution in [1.29, 1.82) is 0 Å². The molecule has 0 saturated heterocycles. The van der Waals surface area contributed by atoms with Gasteiger partial charge in [-0.3, -0.25) is 14.3 Å². The molecule has 8 nitrogen and oxygen atoms in total. The van der Waals surface area contributed by atoms with E-state index >= 15 is 0 Å². The molecule has 4 aromatic rings. The number of nitrogens with zero attached hydrogens (tertiary/aromatic N) is 5. The van der Waals surface area contributed by atoms with Crippen LogP contribution >= 0.6 is 0 Å². The van der Waals surface area contributed by atoms with E-state index < -0.39 is 5.82 Å². The number of pyridine rings is 1. The standard InChI is InChI=1S/C26H25FN6O2/c1-26(2)14-35-25-30-21-23(29-8-7-15-3-4-17-11-20(34)6-5-16(17)9-15)31-22(32-24(21)33(25)26)18-10-19(27)13-28-12-18/h3-4,9-10,12-13H,5-8,11,14H2,1-2H3,(H,29,31,32). The van der Waals surface area contributed by atoms with Crippen molar-refractivity contribution in [3.8, 4) is 17.4 Å². The maximum absolute atomic E-state index is 13.9. The van der Waals surface area contributed by atoms with Crippen molar-refractivity contribution in [3.63, 3.8) is 0 Å². The Bertz CT molecular complexity index is 1480. The van der Waals surface area contributed by atoms with E-state index in [1.807, 2.05) is 4.57 Å². The maximum Gasteiger partial charge on any atom is 0.299 e. The summed E-state index contributed by atoms with van der Waals surface area (Å²) in [5.74, 6) is 0.801. The van der Waals surface area contributed by atoms with Crippen LogP contribution in [-0.4, -0.2) is 43.4 Å². The monoisotopic (exact) mass is 472 g/mol. The molecule has 6 rings (SSSR count). The maximum atomic E-state index is 13.9. The van der Waals surface area contributed by atoms with Crippen molar-refractivity contribution in [2.45, 2.75) is 45.1 Å². The highest BCUT2D eigenvalue weighted by atomic mass is 19.1. The molecule has 4 heterocycles. The quantitative estimate of drug-likeness (QED) is 0.471. The van der Waals surface area contributed by atoms with Gasteiger partial charge in [-0.15, -0.1) is 0 Å². The van der Waals surface area contributed by atoms with Gasteiger partial charge in [0.1, 0.15) is 18.2 Å². The van der Waals surface area contributed by atoms with E-state index in [9.17, 15) is 9.18 Å². The first-order valence-corrected chi connectivity index (χ1v) is 11.8. The van der Waals surface area contributed by atoms with Gasteiger partial charge in [0, 0.05) is 31.1 Å². The Morgan fingerprint density at radius 2 is 2.00 bits per heavy atom. The second-order valence-corrected chi connectivity index (χ2v) is 9.79. The molecule has 1 aliphatic carbocycles. The summed E-state index contributed by atoms with van der Waals surface area (Å²) >= 11 is 0. The van der Waals surface area contributed by atoms with Crippen molar-refractivity contribution < 1.29 is 13.9 Å². The third kappa shape index (κ3) is 3.90. The Kier molecular flexibility index (Phi) is 5.01. The SMILES string of the molecule is CC1(C)COc2nc3c(NCCc4ccc5c(c4)CCC(=O)C5)nc(-c4cncc(F)c4)nc3n21. The van der Waals surface area contributed by atoms with Gasteiger partial charge >= 0.3 is 0 Å². The average molecular weight is 473 g/mol. The predicted molar refractivity (Wildman–Crippen MR) is 129 cm³/mol. The van der Waals surface area contributed by atoms with Crippen LogP contribution in [0.4, 0.5) is 10.2 Å². The minimum absolute atomic E-state index is 0.308. The molecule has 9 heteroatoms. The molecule has 1 aliphatic heterocycles. The van der Waals surface area contributed by atoms with Gasteiger partial charge in [0.15, 0.2) is 22.8 Å². The number of halogens is 1. The van der Waals surface area contributed by atoms with Crippen LogP contribution in [0.1, 0.15) is 37.0 Å². The van der Waals surface area contributed by atoms with Gasteiger partial charge in [-0.25, -0.2) is 14.4 Å². The van der Waals surface area contributed by atoms with Crippen LogP contribution < -0.4 is 10.1 Å². The Hall–Kier alpha value is -3.88. The number of rotatable bonds is 5. The Morgan fingerprint density at radius 3 is 2.86 bits per heavy atom. The van der Waals surface area contributed by atoms with Crippen LogP contribution in [0, 0.1) is 5.82 Å². The summed E-state index contributed by atoms with van der Waals surface area (Å²) in [7, 11) is 0. The van der Waals surface area contributed by atoms with Gasteiger partial charge in [-0.05, 0) is 49.4 Å². The number of Topliss-reactive ketones (excluding diaryl/α,β-unsaturated/α-hetero) is 1. The normalized spacial score (nSPS) is 16.1. The molecule has 0 bridgehead atoms. The van der Waals surface area contributed by atoms with Crippen LogP contribution in [0.15, 0.2) is 36.7 Å². The van der Waals surface area contributed by atoms with E-state index in [2.05, 4.69) is 52.3 Å². The molecule has 0 atom stereocenters. The fraction of sp³-hybridized carbons (Fsp3) is 0.346. The summed E-state index contributed by atoms with van der Waals surface area (Å²) in [6, 6.07) is 8.23. The zero-order chi connectivity index (χ0) is 24.2. The molecule has 35 heavy (non-hydrogen) atoms. The largest absolute Gasteiger partial charge is 0.462 e. The molecular weight excluding hydrogens is 447 g/mol. The average Bonchev–Trinajstić information content (AvgIpc) is 3.36. The lowest BCUT2D eigenvalue weighted by Crippen LogP contribution is -2.26. The predicted octanol–water partition coefficient (Wildman–Crippen LogP) is 3.87. The first-order chi connectivity index (χ1) is 16.9. The fourth-order valence-corrected chi connectivity index (χ4v) is 4.81. The van der Waals surface area contributed by atoms with E-state index in [0.717, 1.165) is 24.6 Å². The molecule has 0 unspecified atom stereocenters. The van der Waals surface area contributed by atoms with E-state index in [1.54, 1.807) is 6.20 Å². The minimum atomic E-state index is -0.447. The number of anilines is 1. The molecule has 2 aliphatic rings. The molecule has 0 fully saturated rings. The number of hydrogen-bond acceptors (Lipinski definition) is 7. The number of carbonyl (C=O) groups is 1. The van der Waals surface area contributed by atoms with Gasteiger partial charge < -0.3 is 10.1 Å². The highest BCUT2D eigenvalue weighted by molar-refractivity contribution is 5.86. The van der Waals surface area contributed by atoms with Crippen molar-refractivity contribution in [2.75, 3.05) is 18.5 Å². The topological polar surface area (TPSA) is 94.8 Å². The first-order valence-electron chi connectivity index (χ1n) is 11.8. The third-order valence-corrected chi connectivity index (χ3v) is 6.64. The molecule has 178 valence electrons. The number of ketones is 1. The molecule has 0 amide bonds. The highest BCUT2D eigenvalue weighted by Crippen LogP contribution is 2.37. The zero-order valence-corrected chi connectivity index (χ0v) is 19.6. The van der Waals surface area contributed by atoms with Gasteiger partial charge in [0.05, 0.1) is 11.7 Å². The number of ether oxygens (including phenoxy) is 1. The van der Waals surface area contributed by atoms with Crippen molar-refractivity contribution in [2.24, 2.45) is 0 Å². The van der Waals surface area contributed by atoms with Gasteiger partial charge in [0.25, 0.3) is 6.01 Å². The van der Waals surface area contributed by atoms with Crippen LogP contribution in [0.5, 0.6) is 6.01 Å². The Morgan fingerprint density at radius 1 is 1.11 bits per heavy atom. The zero-order valence-electron chi connectivity index (χ0n) is 19.6. The minimum Gasteiger partial charge on any atom is -0.462 e. The summed E-state index contributed by atoms with van der Waals surface area (Å²) in [5, 5.41) is 3.41. The van der Waals surface area contributed by atoms with E-state index in [0.29, 0.717) is 66.2 Å². The molecule has 1 aromatic carbocycles. The molecular formula is C26H25FN6O2. The smallest absolute Gasteiger partial charge is 0.299 e. The van der Waals surface area contributed by atoms with Crippen LogP contribution in [-0.2, 0) is 29.6 Å². The van der Waals surface area contributed by atoms with E-state index in [1.165, 1.54) is 17.2 Å².